The Labute approximate surface area is 179 Å². The van der Waals surface area contributed by atoms with Crippen molar-refractivity contribution in [1.82, 2.24) is 5.32 Å². The van der Waals surface area contributed by atoms with Crippen molar-refractivity contribution in [3.8, 4) is 5.75 Å². The lowest BCUT2D eigenvalue weighted by Crippen LogP contribution is -2.18. The summed E-state index contributed by atoms with van der Waals surface area (Å²) in [4.78, 5) is 12.4. The van der Waals surface area contributed by atoms with Crippen LogP contribution in [0, 0.1) is 0 Å². The molecule has 0 heterocycles. The quantitative estimate of drug-likeness (QED) is 0.388. The van der Waals surface area contributed by atoms with Gasteiger partial charge in [0.15, 0.2) is 5.78 Å². The average Bonchev–Trinajstić information content (AvgIpc) is 2.66. The third-order valence-electron chi connectivity index (χ3n) is 4.26. The number of benzene rings is 2. The molecule has 0 atom stereocenters. The van der Waals surface area contributed by atoms with Gasteiger partial charge in [0.2, 0.25) is 10.0 Å². The minimum absolute atomic E-state index is 0. The smallest absolute Gasteiger partial charge is 0.229 e. The molecule has 0 saturated carbocycles. The molecule has 0 aromatic heterocycles. The molecule has 2 rings (SSSR count). The predicted molar refractivity (Wildman–Crippen MR) is 120 cm³/mol. The molecule has 0 aliphatic carbocycles. The molecule has 0 saturated heterocycles. The van der Waals surface area contributed by atoms with Crippen molar-refractivity contribution < 1.29 is 17.9 Å². The molecule has 6 nitrogen and oxygen atoms in total. The van der Waals surface area contributed by atoms with Crippen LogP contribution in [0.5, 0.6) is 5.75 Å². The SMILES string of the molecule is COc1ccc(C(=O)CCCCNCCc2ccccc2)cc1NS(C)(=O)=O.Cl. The fourth-order valence-corrected chi connectivity index (χ4v) is 3.40. The molecule has 0 unspecified atom stereocenters. The summed E-state index contributed by atoms with van der Waals surface area (Å²) >= 11 is 0. The highest BCUT2D eigenvalue weighted by atomic mass is 35.5. The molecule has 0 amide bonds. The number of nitrogens with one attached hydrogen (secondary N) is 2. The van der Waals surface area contributed by atoms with Gasteiger partial charge < -0.3 is 10.1 Å². The van der Waals surface area contributed by atoms with E-state index in [4.69, 9.17) is 4.74 Å². The number of unbranched alkanes of at least 4 members (excludes halogenated alkanes) is 1. The molecule has 29 heavy (non-hydrogen) atoms. The number of Topliss-reactive ketones (excluding diaryl/α,β-unsaturated/α-hetero) is 1. The standard InChI is InChI=1S/C21H28N2O4S.ClH/c1-27-21-12-11-18(16-19(21)23-28(2,25)26)20(24)10-6-7-14-22-15-13-17-8-4-3-5-9-17;/h3-5,8-9,11-12,16,22-23H,6-7,10,13-15H2,1-2H3;1H. The van der Waals surface area contributed by atoms with E-state index < -0.39 is 10.0 Å². The molecule has 0 bridgehead atoms. The fourth-order valence-electron chi connectivity index (χ4n) is 2.84. The van der Waals surface area contributed by atoms with Gasteiger partial charge in [-0.3, -0.25) is 9.52 Å². The molecule has 2 aromatic carbocycles. The van der Waals surface area contributed by atoms with Crippen LogP contribution in [0.3, 0.4) is 0 Å². The lowest BCUT2D eigenvalue weighted by atomic mass is 10.0. The Morgan fingerprint density at radius 1 is 1.03 bits per heavy atom. The first kappa shape index (κ1) is 24.9. The van der Waals surface area contributed by atoms with E-state index in [1.165, 1.54) is 18.7 Å². The maximum Gasteiger partial charge on any atom is 0.229 e. The molecule has 2 N–H and O–H groups in total. The van der Waals surface area contributed by atoms with Crippen molar-refractivity contribution in [2.75, 3.05) is 31.2 Å². The van der Waals surface area contributed by atoms with E-state index >= 15 is 0 Å². The van der Waals surface area contributed by atoms with E-state index in [0.29, 0.717) is 17.7 Å². The van der Waals surface area contributed by atoms with Crippen LogP contribution in [0.1, 0.15) is 35.2 Å². The first-order valence-electron chi connectivity index (χ1n) is 9.33. The lowest BCUT2D eigenvalue weighted by Gasteiger charge is -2.11. The maximum absolute atomic E-state index is 12.4. The first-order chi connectivity index (χ1) is 13.4. The highest BCUT2D eigenvalue weighted by molar-refractivity contribution is 7.92. The molecule has 0 fully saturated rings. The number of methoxy groups -OCH3 is 1. The number of carbonyl (C=O) groups excluding carboxylic acids is 1. The van der Waals surface area contributed by atoms with Crippen molar-refractivity contribution in [1.29, 1.82) is 0 Å². The van der Waals surface area contributed by atoms with Crippen LogP contribution in [0.4, 0.5) is 5.69 Å². The number of hydrogen-bond acceptors (Lipinski definition) is 5. The third kappa shape index (κ3) is 9.30. The predicted octanol–water partition coefficient (Wildman–Crippen LogP) is 3.67. The van der Waals surface area contributed by atoms with E-state index in [-0.39, 0.29) is 23.9 Å². The maximum atomic E-state index is 12.4. The monoisotopic (exact) mass is 440 g/mol. The van der Waals surface area contributed by atoms with Gasteiger partial charge >= 0.3 is 0 Å². The van der Waals surface area contributed by atoms with Crippen LogP contribution in [-0.2, 0) is 16.4 Å². The number of anilines is 1. The molecule has 2 aromatic rings. The number of ketones is 1. The van der Waals surface area contributed by atoms with Crippen LogP contribution in [0.15, 0.2) is 48.5 Å². The average molecular weight is 441 g/mol. The second-order valence-electron chi connectivity index (χ2n) is 6.66. The summed E-state index contributed by atoms with van der Waals surface area (Å²) in [6.07, 6.45) is 4.15. The van der Waals surface area contributed by atoms with E-state index in [1.54, 1.807) is 12.1 Å². The van der Waals surface area contributed by atoms with Crippen LogP contribution in [-0.4, -0.2) is 40.7 Å². The van der Waals surface area contributed by atoms with Gasteiger partial charge in [-0.05, 0) is 56.1 Å². The summed E-state index contributed by atoms with van der Waals surface area (Å²) in [5.41, 5.74) is 2.06. The summed E-state index contributed by atoms with van der Waals surface area (Å²) in [5.74, 6) is 0.369. The van der Waals surface area contributed by atoms with E-state index in [9.17, 15) is 13.2 Å². The van der Waals surface area contributed by atoms with Crippen LogP contribution in [0.2, 0.25) is 0 Å². The van der Waals surface area contributed by atoms with Crippen LogP contribution in [0.25, 0.3) is 0 Å². The highest BCUT2D eigenvalue weighted by Gasteiger charge is 2.13. The van der Waals surface area contributed by atoms with Gasteiger partial charge in [0, 0.05) is 12.0 Å². The topological polar surface area (TPSA) is 84.5 Å². The van der Waals surface area contributed by atoms with Gasteiger partial charge in [-0.15, -0.1) is 12.4 Å². The van der Waals surface area contributed by atoms with Gasteiger partial charge in [-0.25, -0.2) is 8.42 Å². The lowest BCUT2D eigenvalue weighted by molar-refractivity contribution is 0.0979. The summed E-state index contributed by atoms with van der Waals surface area (Å²) in [5, 5.41) is 3.39. The number of hydrogen-bond donors (Lipinski definition) is 2. The van der Waals surface area contributed by atoms with E-state index in [1.807, 2.05) is 18.2 Å². The minimum Gasteiger partial charge on any atom is -0.495 e. The van der Waals surface area contributed by atoms with Crippen molar-refractivity contribution >= 4 is 33.9 Å². The third-order valence-corrected chi connectivity index (χ3v) is 4.85. The fraction of sp³-hybridized carbons (Fsp3) is 0.381. The summed E-state index contributed by atoms with van der Waals surface area (Å²) in [6, 6.07) is 15.1. The molecule has 0 radical (unpaired) electrons. The Morgan fingerprint density at radius 2 is 1.76 bits per heavy atom. The van der Waals surface area contributed by atoms with Gasteiger partial charge in [-0.1, -0.05) is 30.3 Å². The van der Waals surface area contributed by atoms with Gasteiger partial charge in [0.1, 0.15) is 5.75 Å². The van der Waals surface area contributed by atoms with Crippen molar-refractivity contribution in [3.05, 3.63) is 59.7 Å². The van der Waals surface area contributed by atoms with Crippen molar-refractivity contribution in [2.24, 2.45) is 0 Å². The van der Waals surface area contributed by atoms with E-state index in [0.717, 1.165) is 38.6 Å². The molecule has 8 heteroatoms. The Kier molecular flexibility index (Phi) is 10.7. The number of ether oxygens (including phenoxy) is 1. The van der Waals surface area contributed by atoms with Gasteiger partial charge in [0.05, 0.1) is 19.1 Å². The largest absolute Gasteiger partial charge is 0.495 e. The minimum atomic E-state index is -3.45. The zero-order chi connectivity index (χ0) is 20.4. The molecule has 0 aliphatic heterocycles. The Balaban J connectivity index is 0.00000420. The molecule has 160 valence electrons. The Morgan fingerprint density at radius 3 is 2.41 bits per heavy atom. The second kappa shape index (κ2) is 12.5. The van der Waals surface area contributed by atoms with E-state index in [2.05, 4.69) is 22.2 Å². The second-order valence-corrected chi connectivity index (χ2v) is 8.40. The van der Waals surface area contributed by atoms with Crippen LogP contribution >= 0.6 is 12.4 Å². The Hall–Kier alpha value is -2.09. The number of rotatable bonds is 12. The number of sulfonamides is 1. The van der Waals surface area contributed by atoms with Crippen LogP contribution < -0.4 is 14.8 Å². The summed E-state index contributed by atoms with van der Waals surface area (Å²) < 4.78 is 30.5. The molecule has 0 spiro atoms. The number of carbonyl (C=O) groups is 1. The molecular formula is C21H29ClN2O4S. The zero-order valence-corrected chi connectivity index (χ0v) is 18.4. The zero-order valence-electron chi connectivity index (χ0n) is 16.8. The van der Waals surface area contributed by atoms with Crippen molar-refractivity contribution in [2.45, 2.75) is 25.7 Å². The van der Waals surface area contributed by atoms with Gasteiger partial charge in [0.25, 0.3) is 0 Å². The Bertz CT molecular complexity index is 874. The first-order valence-corrected chi connectivity index (χ1v) is 11.2. The van der Waals surface area contributed by atoms with Crippen molar-refractivity contribution in [3.63, 3.8) is 0 Å². The summed E-state index contributed by atoms with van der Waals surface area (Å²) in [7, 11) is -2.00. The molecular weight excluding hydrogens is 412 g/mol. The normalized spacial score (nSPS) is 10.8. The number of halogens is 1. The highest BCUT2D eigenvalue weighted by Crippen LogP contribution is 2.27. The van der Waals surface area contributed by atoms with Gasteiger partial charge in [-0.2, -0.15) is 0 Å². The molecule has 0 aliphatic rings. The summed E-state index contributed by atoms with van der Waals surface area (Å²) in [6.45, 7) is 1.78.